The fourth-order valence-corrected chi connectivity index (χ4v) is 1.90. The molecule has 2 aromatic rings. The normalized spacial score (nSPS) is 11.5. The molecule has 0 atom stereocenters. The number of para-hydroxylation sites is 1. The van der Waals surface area contributed by atoms with Crippen LogP contribution in [0.2, 0.25) is 0 Å². The Bertz CT molecular complexity index is 594. The molecule has 0 radical (unpaired) electrons. The first-order chi connectivity index (χ1) is 10.7. The first-order valence-electron chi connectivity index (χ1n) is 7.26. The van der Waals surface area contributed by atoms with Crippen molar-refractivity contribution in [3.63, 3.8) is 0 Å². The summed E-state index contributed by atoms with van der Waals surface area (Å²) in [5.74, 6) is 1.47. The highest BCUT2D eigenvalue weighted by molar-refractivity contribution is 6.02. The van der Waals surface area contributed by atoms with Crippen molar-refractivity contribution in [3.05, 3.63) is 48.5 Å². The van der Waals surface area contributed by atoms with E-state index in [9.17, 15) is 0 Å². The summed E-state index contributed by atoms with van der Waals surface area (Å²) in [6, 6.07) is 7.77. The van der Waals surface area contributed by atoms with Gasteiger partial charge in [0.25, 0.3) is 0 Å². The van der Waals surface area contributed by atoms with Gasteiger partial charge in [0, 0.05) is 26.5 Å². The van der Waals surface area contributed by atoms with Crippen LogP contribution in [-0.4, -0.2) is 47.9 Å². The molecule has 0 unspecified atom stereocenters. The summed E-state index contributed by atoms with van der Waals surface area (Å²) in [6.07, 6.45) is 6.26. The third kappa shape index (κ3) is 4.33. The average molecular weight is 302 g/mol. The van der Waals surface area contributed by atoms with E-state index < -0.39 is 0 Å². The Labute approximate surface area is 131 Å². The number of hydrogen-bond donors (Lipinski definition) is 0. The number of benzene rings is 1. The summed E-state index contributed by atoms with van der Waals surface area (Å²) < 4.78 is 13.0. The molecule has 0 N–H and O–H groups in total. The van der Waals surface area contributed by atoms with Crippen molar-refractivity contribution in [2.75, 3.05) is 27.5 Å². The highest BCUT2D eigenvalue weighted by Gasteiger charge is 2.13. The van der Waals surface area contributed by atoms with Crippen molar-refractivity contribution in [1.29, 1.82) is 0 Å². The molecule has 2 rings (SSSR count). The molecule has 1 heterocycles. The van der Waals surface area contributed by atoms with Crippen LogP contribution in [0.4, 0.5) is 0 Å². The van der Waals surface area contributed by atoms with Gasteiger partial charge in [0.1, 0.15) is 12.1 Å². The van der Waals surface area contributed by atoms with Gasteiger partial charge >= 0.3 is 0 Å². The molecular weight excluding hydrogens is 280 g/mol. The molecule has 22 heavy (non-hydrogen) atoms. The largest absolute Gasteiger partial charge is 0.467 e. The molecule has 0 spiro atoms. The smallest absolute Gasteiger partial charge is 0.189 e. The Morgan fingerprint density at radius 3 is 2.82 bits per heavy atom. The van der Waals surface area contributed by atoms with E-state index in [0.717, 1.165) is 23.6 Å². The van der Waals surface area contributed by atoms with E-state index in [2.05, 4.69) is 17.0 Å². The van der Waals surface area contributed by atoms with Gasteiger partial charge in [0.2, 0.25) is 0 Å². The Kier molecular flexibility index (Phi) is 5.97. The van der Waals surface area contributed by atoms with E-state index >= 15 is 0 Å². The van der Waals surface area contributed by atoms with Crippen LogP contribution in [0.5, 0.6) is 5.75 Å². The van der Waals surface area contributed by atoms with Crippen molar-refractivity contribution in [2.45, 2.75) is 13.3 Å². The maximum absolute atomic E-state index is 5.74. The quantitative estimate of drug-likeness (QED) is 0.259. The molecule has 0 saturated heterocycles. The Balaban J connectivity index is 2.28. The van der Waals surface area contributed by atoms with Crippen LogP contribution in [0.15, 0.2) is 48.1 Å². The minimum atomic E-state index is 0.226. The zero-order chi connectivity index (χ0) is 15.8. The van der Waals surface area contributed by atoms with Gasteiger partial charge in [-0.2, -0.15) is 5.10 Å². The van der Waals surface area contributed by atoms with Crippen LogP contribution in [0.25, 0.3) is 0 Å². The van der Waals surface area contributed by atoms with Crippen LogP contribution in [0.3, 0.4) is 0 Å². The summed E-state index contributed by atoms with van der Waals surface area (Å²) in [5, 5.41) is 6.30. The molecule has 6 nitrogen and oxygen atoms in total. The van der Waals surface area contributed by atoms with E-state index in [1.54, 1.807) is 17.5 Å². The lowest BCUT2D eigenvalue weighted by Crippen LogP contribution is -2.18. The number of hydrazone groups is 1. The molecular formula is C16H22N4O2. The summed E-state index contributed by atoms with van der Waals surface area (Å²) >= 11 is 0. The molecule has 0 fully saturated rings. The third-order valence-electron chi connectivity index (χ3n) is 2.82. The second kappa shape index (κ2) is 8.19. The molecule has 118 valence electrons. The van der Waals surface area contributed by atoms with Crippen molar-refractivity contribution < 1.29 is 9.47 Å². The number of hydrogen-bond acceptors (Lipinski definition) is 5. The van der Waals surface area contributed by atoms with Crippen LogP contribution < -0.4 is 4.74 Å². The number of rotatable bonds is 7. The molecule has 6 heteroatoms. The lowest BCUT2D eigenvalue weighted by Gasteiger charge is -2.15. The van der Waals surface area contributed by atoms with Gasteiger partial charge < -0.3 is 14.5 Å². The van der Waals surface area contributed by atoms with Gasteiger partial charge in [0.05, 0.1) is 12.2 Å². The maximum atomic E-state index is 5.74. The number of aromatic nitrogens is 2. The molecule has 0 saturated carbocycles. The summed E-state index contributed by atoms with van der Waals surface area (Å²) in [6.45, 7) is 2.97. The first-order valence-corrected chi connectivity index (χ1v) is 7.26. The summed E-state index contributed by atoms with van der Waals surface area (Å²) in [5.41, 5.74) is 0.884. The average Bonchev–Trinajstić information content (AvgIpc) is 3.04. The van der Waals surface area contributed by atoms with E-state index in [0.29, 0.717) is 6.61 Å². The Morgan fingerprint density at radius 1 is 1.32 bits per heavy atom. The summed E-state index contributed by atoms with van der Waals surface area (Å²) in [4.78, 5) is 4.09. The molecule has 0 aliphatic carbocycles. The number of imidazole rings is 1. The highest BCUT2D eigenvalue weighted by Crippen LogP contribution is 2.20. The second-order valence-corrected chi connectivity index (χ2v) is 4.91. The van der Waals surface area contributed by atoms with Gasteiger partial charge in [-0.1, -0.05) is 19.1 Å². The third-order valence-corrected chi connectivity index (χ3v) is 2.82. The predicted octanol–water partition coefficient (Wildman–Crippen LogP) is 2.42. The monoisotopic (exact) mass is 302 g/mol. The maximum Gasteiger partial charge on any atom is 0.189 e. The van der Waals surface area contributed by atoms with E-state index in [4.69, 9.17) is 9.47 Å². The van der Waals surface area contributed by atoms with Crippen LogP contribution in [-0.2, 0) is 4.74 Å². The Morgan fingerprint density at radius 2 is 2.14 bits per heavy atom. The van der Waals surface area contributed by atoms with Crippen molar-refractivity contribution >= 4 is 5.84 Å². The zero-order valence-electron chi connectivity index (χ0n) is 13.3. The van der Waals surface area contributed by atoms with Gasteiger partial charge in [0.15, 0.2) is 12.6 Å². The molecule has 1 aromatic carbocycles. The minimum absolute atomic E-state index is 0.226. The van der Waals surface area contributed by atoms with Crippen molar-refractivity contribution in [3.8, 4) is 5.75 Å². The second-order valence-electron chi connectivity index (χ2n) is 4.91. The van der Waals surface area contributed by atoms with Gasteiger partial charge in [-0.25, -0.2) is 4.98 Å². The predicted molar refractivity (Wildman–Crippen MR) is 86.0 cm³/mol. The van der Waals surface area contributed by atoms with Gasteiger partial charge in [-0.05, 0) is 18.6 Å². The molecule has 0 aliphatic heterocycles. The van der Waals surface area contributed by atoms with Gasteiger partial charge in [-0.3, -0.25) is 4.57 Å². The highest BCUT2D eigenvalue weighted by atomic mass is 16.7. The number of ether oxygens (including phenoxy) is 2. The van der Waals surface area contributed by atoms with E-state index in [1.807, 2.05) is 49.1 Å². The lowest BCUT2D eigenvalue weighted by molar-refractivity contribution is 0.0156. The van der Waals surface area contributed by atoms with Crippen LogP contribution in [0, 0.1) is 0 Å². The molecule has 0 aliphatic rings. The zero-order valence-corrected chi connectivity index (χ0v) is 13.3. The fraction of sp³-hybridized carbons (Fsp3) is 0.375. The van der Waals surface area contributed by atoms with Gasteiger partial charge in [-0.15, -0.1) is 0 Å². The SMILES string of the molecule is CCCOCOc1ccccc1C(=NN(C)C)n1ccnc1. The lowest BCUT2D eigenvalue weighted by atomic mass is 10.2. The fourth-order valence-electron chi connectivity index (χ4n) is 1.90. The van der Waals surface area contributed by atoms with Crippen LogP contribution in [0.1, 0.15) is 18.9 Å². The standard InChI is InChI=1S/C16H22N4O2/c1-4-11-21-13-22-15-8-6-5-7-14(15)16(18-19(2)3)20-10-9-17-12-20/h5-10,12H,4,11,13H2,1-3H3. The minimum Gasteiger partial charge on any atom is -0.467 e. The molecule has 0 amide bonds. The van der Waals surface area contributed by atoms with E-state index in [-0.39, 0.29) is 6.79 Å². The number of nitrogens with zero attached hydrogens (tertiary/aromatic N) is 4. The topological polar surface area (TPSA) is 51.9 Å². The first kappa shape index (κ1) is 16.0. The molecule has 1 aromatic heterocycles. The molecule has 0 bridgehead atoms. The van der Waals surface area contributed by atoms with Crippen molar-refractivity contribution in [2.24, 2.45) is 5.10 Å². The van der Waals surface area contributed by atoms with Crippen molar-refractivity contribution in [1.82, 2.24) is 14.6 Å². The van der Waals surface area contributed by atoms with E-state index in [1.165, 1.54) is 0 Å². The van der Waals surface area contributed by atoms with Crippen LogP contribution >= 0.6 is 0 Å². The Hall–Kier alpha value is -2.34. The summed E-state index contributed by atoms with van der Waals surface area (Å²) in [7, 11) is 3.76.